The topological polar surface area (TPSA) is 32.5 Å². The Morgan fingerprint density at radius 2 is 1.75 bits per heavy atom. The number of rotatable bonds is 4. The smallest absolute Gasteiger partial charge is 0.0337 e. The van der Waals surface area contributed by atoms with E-state index in [0.717, 1.165) is 12.5 Å². The molecule has 116 valence electrons. The van der Waals surface area contributed by atoms with Crippen LogP contribution < -0.4 is 5.73 Å². The first-order valence-corrected chi connectivity index (χ1v) is 8.71. The summed E-state index contributed by atoms with van der Waals surface area (Å²) < 4.78 is 0. The summed E-state index contributed by atoms with van der Waals surface area (Å²) in [5, 5.41) is 0. The van der Waals surface area contributed by atoms with Crippen molar-refractivity contribution in [3.05, 3.63) is 0 Å². The van der Waals surface area contributed by atoms with E-state index in [9.17, 15) is 0 Å². The van der Waals surface area contributed by atoms with E-state index in [0.29, 0.717) is 11.0 Å². The van der Waals surface area contributed by atoms with Gasteiger partial charge >= 0.3 is 0 Å². The van der Waals surface area contributed by atoms with Crippen LogP contribution in [-0.2, 0) is 0 Å². The van der Waals surface area contributed by atoms with E-state index in [4.69, 9.17) is 5.73 Å². The summed E-state index contributed by atoms with van der Waals surface area (Å²) >= 11 is 0. The van der Waals surface area contributed by atoms with Gasteiger partial charge in [0.05, 0.1) is 0 Å². The third kappa shape index (κ3) is 3.20. The van der Waals surface area contributed by atoms with E-state index in [1.165, 1.54) is 71.2 Å². The SMILES string of the molecule is CC1(C)CCCC(CN)(N2CCN(CC3CC3)CC2)C1. The highest BCUT2D eigenvalue weighted by Crippen LogP contribution is 2.44. The fourth-order valence-electron chi connectivity index (χ4n) is 4.61. The molecule has 2 aliphatic carbocycles. The van der Waals surface area contributed by atoms with Gasteiger partial charge in [-0.25, -0.2) is 0 Å². The quantitative estimate of drug-likeness (QED) is 0.857. The largest absolute Gasteiger partial charge is 0.329 e. The summed E-state index contributed by atoms with van der Waals surface area (Å²) in [4.78, 5) is 5.43. The molecule has 2 saturated carbocycles. The van der Waals surface area contributed by atoms with Crippen LogP contribution in [0.25, 0.3) is 0 Å². The van der Waals surface area contributed by atoms with Crippen molar-refractivity contribution in [3.8, 4) is 0 Å². The van der Waals surface area contributed by atoms with Crippen LogP contribution in [0.1, 0.15) is 52.4 Å². The lowest BCUT2D eigenvalue weighted by atomic mass is 9.67. The average molecular weight is 279 g/mol. The van der Waals surface area contributed by atoms with Crippen LogP contribution in [0.5, 0.6) is 0 Å². The second kappa shape index (κ2) is 5.58. The second-order valence-corrected chi connectivity index (χ2v) is 8.35. The fraction of sp³-hybridized carbons (Fsp3) is 1.00. The van der Waals surface area contributed by atoms with Crippen LogP contribution in [0.4, 0.5) is 0 Å². The van der Waals surface area contributed by atoms with Gasteiger partial charge in [-0.3, -0.25) is 4.90 Å². The van der Waals surface area contributed by atoms with Gasteiger partial charge in [-0.05, 0) is 43.4 Å². The zero-order chi connectivity index (χ0) is 14.2. The number of hydrogen-bond acceptors (Lipinski definition) is 3. The summed E-state index contributed by atoms with van der Waals surface area (Å²) in [6.07, 6.45) is 8.28. The number of piperazine rings is 1. The van der Waals surface area contributed by atoms with Crippen LogP contribution in [0.3, 0.4) is 0 Å². The van der Waals surface area contributed by atoms with Gasteiger partial charge in [0, 0.05) is 44.8 Å². The van der Waals surface area contributed by atoms with Gasteiger partial charge in [-0.2, -0.15) is 0 Å². The van der Waals surface area contributed by atoms with Crippen molar-refractivity contribution >= 4 is 0 Å². The minimum Gasteiger partial charge on any atom is -0.329 e. The van der Waals surface area contributed by atoms with Crippen molar-refractivity contribution in [2.24, 2.45) is 17.1 Å². The standard InChI is InChI=1S/C17H33N3/c1-16(2)6-3-7-17(13-16,14-18)20-10-8-19(9-11-20)12-15-4-5-15/h15H,3-14,18H2,1-2H3. The number of hydrogen-bond donors (Lipinski definition) is 1. The highest BCUT2D eigenvalue weighted by Gasteiger charge is 2.44. The van der Waals surface area contributed by atoms with E-state index in [1.54, 1.807) is 0 Å². The molecule has 3 rings (SSSR count). The Balaban J connectivity index is 1.59. The molecule has 0 bridgehead atoms. The Labute approximate surface area is 124 Å². The summed E-state index contributed by atoms with van der Waals surface area (Å²) in [5.41, 5.74) is 7.03. The second-order valence-electron chi connectivity index (χ2n) is 8.35. The first-order chi connectivity index (χ1) is 9.53. The van der Waals surface area contributed by atoms with E-state index in [2.05, 4.69) is 23.6 Å². The predicted octanol–water partition coefficient (Wildman–Crippen LogP) is 2.31. The number of nitrogens with zero attached hydrogens (tertiary/aromatic N) is 2. The maximum absolute atomic E-state index is 6.26. The van der Waals surface area contributed by atoms with Gasteiger partial charge in [0.2, 0.25) is 0 Å². The van der Waals surface area contributed by atoms with E-state index in [1.807, 2.05) is 0 Å². The van der Waals surface area contributed by atoms with Crippen LogP contribution in [-0.4, -0.2) is 54.6 Å². The van der Waals surface area contributed by atoms with Crippen molar-refractivity contribution < 1.29 is 0 Å². The lowest BCUT2D eigenvalue weighted by Crippen LogP contribution is -2.62. The van der Waals surface area contributed by atoms with Crippen molar-refractivity contribution in [2.75, 3.05) is 39.3 Å². The molecule has 0 aromatic rings. The monoisotopic (exact) mass is 279 g/mol. The molecule has 3 heteroatoms. The minimum absolute atomic E-state index is 0.299. The van der Waals surface area contributed by atoms with Gasteiger partial charge in [-0.1, -0.05) is 20.3 Å². The van der Waals surface area contributed by atoms with Gasteiger partial charge in [-0.15, -0.1) is 0 Å². The highest BCUT2D eigenvalue weighted by molar-refractivity contribution is 5.00. The van der Waals surface area contributed by atoms with E-state index in [-0.39, 0.29) is 0 Å². The predicted molar refractivity (Wildman–Crippen MR) is 84.8 cm³/mol. The fourth-order valence-corrected chi connectivity index (χ4v) is 4.61. The van der Waals surface area contributed by atoms with Crippen molar-refractivity contribution in [1.82, 2.24) is 9.80 Å². The Hall–Kier alpha value is -0.120. The molecule has 3 fully saturated rings. The van der Waals surface area contributed by atoms with Crippen molar-refractivity contribution in [2.45, 2.75) is 57.9 Å². The normalized spacial score (nSPS) is 36.1. The maximum atomic E-state index is 6.26. The molecule has 1 atom stereocenters. The van der Waals surface area contributed by atoms with Crippen molar-refractivity contribution in [1.29, 1.82) is 0 Å². The molecule has 1 unspecified atom stereocenters. The number of nitrogens with two attached hydrogens (primary N) is 1. The molecule has 3 aliphatic rings. The molecule has 2 N–H and O–H groups in total. The Kier molecular flexibility index (Phi) is 4.13. The molecule has 0 aromatic carbocycles. The van der Waals surface area contributed by atoms with Crippen molar-refractivity contribution in [3.63, 3.8) is 0 Å². The zero-order valence-electron chi connectivity index (χ0n) is 13.5. The highest BCUT2D eigenvalue weighted by atomic mass is 15.3. The summed E-state index contributed by atoms with van der Waals surface area (Å²) in [6, 6.07) is 0. The summed E-state index contributed by atoms with van der Waals surface area (Å²) in [6.45, 7) is 12.1. The van der Waals surface area contributed by atoms with E-state index < -0.39 is 0 Å². The first kappa shape index (κ1) is 14.8. The van der Waals surface area contributed by atoms with Gasteiger partial charge in [0.25, 0.3) is 0 Å². The van der Waals surface area contributed by atoms with Crippen LogP contribution in [0.15, 0.2) is 0 Å². The van der Waals surface area contributed by atoms with Crippen LogP contribution in [0.2, 0.25) is 0 Å². The molecular formula is C17H33N3. The molecule has 1 heterocycles. The molecule has 0 aromatic heterocycles. The zero-order valence-corrected chi connectivity index (χ0v) is 13.5. The molecule has 1 saturated heterocycles. The third-order valence-corrected chi connectivity index (χ3v) is 5.94. The molecule has 1 aliphatic heterocycles. The molecule has 0 spiro atoms. The van der Waals surface area contributed by atoms with E-state index >= 15 is 0 Å². The molecule has 0 amide bonds. The average Bonchev–Trinajstić information content (AvgIpc) is 3.22. The molecular weight excluding hydrogens is 246 g/mol. The Morgan fingerprint density at radius 1 is 1.05 bits per heavy atom. The van der Waals surface area contributed by atoms with Gasteiger partial charge in [0.1, 0.15) is 0 Å². The molecule has 0 radical (unpaired) electrons. The van der Waals surface area contributed by atoms with Crippen LogP contribution in [0, 0.1) is 11.3 Å². The maximum Gasteiger partial charge on any atom is 0.0337 e. The van der Waals surface area contributed by atoms with Gasteiger partial charge in [0.15, 0.2) is 0 Å². The lowest BCUT2D eigenvalue weighted by Gasteiger charge is -2.53. The van der Waals surface area contributed by atoms with Crippen LogP contribution >= 0.6 is 0 Å². The summed E-state index contributed by atoms with van der Waals surface area (Å²) in [7, 11) is 0. The third-order valence-electron chi connectivity index (χ3n) is 5.94. The first-order valence-electron chi connectivity index (χ1n) is 8.71. The Bertz CT molecular complexity index is 329. The van der Waals surface area contributed by atoms with Gasteiger partial charge < -0.3 is 10.6 Å². The summed E-state index contributed by atoms with van der Waals surface area (Å²) in [5.74, 6) is 1.03. The lowest BCUT2D eigenvalue weighted by molar-refractivity contribution is -0.0197. The minimum atomic E-state index is 0.299. The molecule has 20 heavy (non-hydrogen) atoms. The Morgan fingerprint density at radius 3 is 2.30 bits per heavy atom. The molecule has 3 nitrogen and oxygen atoms in total.